The van der Waals surface area contributed by atoms with Gasteiger partial charge in [0.25, 0.3) is 0 Å². The average Bonchev–Trinajstić information content (AvgIpc) is 2.45. The maximum atomic E-state index is 11.8. The molecule has 0 aromatic heterocycles. The Balaban J connectivity index is 2.01. The monoisotopic (exact) mass is 210 g/mol. The van der Waals surface area contributed by atoms with Crippen LogP contribution in [0.3, 0.4) is 0 Å². The van der Waals surface area contributed by atoms with Crippen LogP contribution < -0.4 is 5.32 Å². The van der Waals surface area contributed by atoms with Crippen LogP contribution in [-0.2, 0) is 4.79 Å². The zero-order chi connectivity index (χ0) is 11.1. The molecule has 0 spiro atoms. The van der Waals surface area contributed by atoms with Crippen molar-refractivity contribution in [3.8, 4) is 0 Å². The van der Waals surface area contributed by atoms with E-state index >= 15 is 0 Å². The first-order valence-corrected chi connectivity index (χ1v) is 6.05. The molecule has 1 aliphatic heterocycles. The molecule has 3 heteroatoms. The van der Waals surface area contributed by atoms with E-state index in [-0.39, 0.29) is 12.1 Å². The van der Waals surface area contributed by atoms with E-state index in [0.717, 1.165) is 6.54 Å². The summed E-state index contributed by atoms with van der Waals surface area (Å²) >= 11 is 0. The van der Waals surface area contributed by atoms with Crippen molar-refractivity contribution in [3.63, 3.8) is 0 Å². The number of hydrogen-bond donors (Lipinski definition) is 1. The van der Waals surface area contributed by atoms with Crippen molar-refractivity contribution in [2.75, 3.05) is 13.1 Å². The van der Waals surface area contributed by atoms with Gasteiger partial charge in [0, 0.05) is 6.54 Å². The first-order valence-electron chi connectivity index (χ1n) is 6.05. The number of nitrogens with one attached hydrogen (secondary N) is 1. The van der Waals surface area contributed by atoms with Crippen molar-refractivity contribution in [3.05, 3.63) is 0 Å². The van der Waals surface area contributed by atoms with Crippen molar-refractivity contribution in [1.29, 1.82) is 0 Å². The molecule has 2 aliphatic rings. The molecule has 0 bridgehead atoms. The molecule has 0 aromatic rings. The molecule has 1 aliphatic carbocycles. The molecule has 0 radical (unpaired) electrons. The van der Waals surface area contributed by atoms with Gasteiger partial charge in [0.2, 0.25) is 5.91 Å². The van der Waals surface area contributed by atoms with Gasteiger partial charge >= 0.3 is 0 Å². The summed E-state index contributed by atoms with van der Waals surface area (Å²) in [5.74, 6) is 0.780. The van der Waals surface area contributed by atoms with Gasteiger partial charge in [-0.25, -0.2) is 0 Å². The minimum atomic E-state index is 0.259. The number of carbonyl (C=O) groups is 1. The highest BCUT2D eigenvalue weighted by molar-refractivity contribution is 5.80. The Bertz CT molecular complexity index is 258. The zero-order valence-corrected chi connectivity index (χ0v) is 10.0. The molecule has 15 heavy (non-hydrogen) atoms. The predicted molar refractivity (Wildman–Crippen MR) is 60.3 cm³/mol. The Kier molecular flexibility index (Phi) is 2.75. The van der Waals surface area contributed by atoms with Crippen LogP contribution in [0.1, 0.15) is 40.0 Å². The second-order valence-corrected chi connectivity index (χ2v) is 5.76. The van der Waals surface area contributed by atoms with Crippen LogP contribution in [0.2, 0.25) is 0 Å². The van der Waals surface area contributed by atoms with Gasteiger partial charge in [0.1, 0.15) is 0 Å². The number of amides is 1. The standard InChI is InChI=1S/C12H22N2O/c1-9(2)11-13-7-10(15)14(11)8-12(3)5-4-6-12/h9,11,13H,4-8H2,1-3H3. The van der Waals surface area contributed by atoms with E-state index in [0.29, 0.717) is 17.9 Å². The van der Waals surface area contributed by atoms with Crippen molar-refractivity contribution in [2.24, 2.45) is 11.3 Å². The van der Waals surface area contributed by atoms with Gasteiger partial charge in [-0.3, -0.25) is 10.1 Å². The van der Waals surface area contributed by atoms with Gasteiger partial charge in [0.05, 0.1) is 12.7 Å². The summed E-state index contributed by atoms with van der Waals surface area (Å²) in [6.07, 6.45) is 4.15. The lowest BCUT2D eigenvalue weighted by atomic mass is 9.70. The predicted octanol–water partition coefficient (Wildman–Crippen LogP) is 1.59. The van der Waals surface area contributed by atoms with Crippen LogP contribution in [0, 0.1) is 11.3 Å². The maximum absolute atomic E-state index is 11.8. The highest BCUT2D eigenvalue weighted by Gasteiger charge is 2.40. The van der Waals surface area contributed by atoms with Crippen LogP contribution in [0.25, 0.3) is 0 Å². The van der Waals surface area contributed by atoms with E-state index in [1.807, 2.05) is 0 Å². The fourth-order valence-corrected chi connectivity index (χ4v) is 2.69. The molecule has 2 rings (SSSR count). The van der Waals surface area contributed by atoms with Gasteiger partial charge in [-0.2, -0.15) is 0 Å². The molecular weight excluding hydrogens is 188 g/mol. The number of carbonyl (C=O) groups excluding carboxylic acids is 1. The summed E-state index contributed by atoms with van der Waals surface area (Å²) in [6, 6.07) is 0. The second-order valence-electron chi connectivity index (χ2n) is 5.76. The third-order valence-corrected chi connectivity index (χ3v) is 3.86. The molecule has 86 valence electrons. The molecule has 1 heterocycles. The van der Waals surface area contributed by atoms with E-state index in [2.05, 4.69) is 31.0 Å². The van der Waals surface area contributed by atoms with Gasteiger partial charge in [0.15, 0.2) is 0 Å². The number of rotatable bonds is 3. The molecule has 1 atom stereocenters. The summed E-state index contributed by atoms with van der Waals surface area (Å²) in [7, 11) is 0. The quantitative estimate of drug-likeness (QED) is 0.767. The average molecular weight is 210 g/mol. The van der Waals surface area contributed by atoms with Gasteiger partial charge in [-0.1, -0.05) is 27.2 Å². The molecule has 2 fully saturated rings. The van der Waals surface area contributed by atoms with E-state index in [4.69, 9.17) is 0 Å². The summed E-state index contributed by atoms with van der Waals surface area (Å²) in [5.41, 5.74) is 0.398. The third-order valence-electron chi connectivity index (χ3n) is 3.86. The molecule has 1 unspecified atom stereocenters. The molecule has 0 aromatic carbocycles. The minimum Gasteiger partial charge on any atom is -0.325 e. The molecule has 1 saturated heterocycles. The Morgan fingerprint density at radius 3 is 2.67 bits per heavy atom. The van der Waals surface area contributed by atoms with E-state index < -0.39 is 0 Å². The van der Waals surface area contributed by atoms with Crippen molar-refractivity contribution in [2.45, 2.75) is 46.2 Å². The van der Waals surface area contributed by atoms with Crippen LogP contribution in [-0.4, -0.2) is 30.1 Å². The molecule has 3 nitrogen and oxygen atoms in total. The largest absolute Gasteiger partial charge is 0.325 e. The fraction of sp³-hybridized carbons (Fsp3) is 0.917. The number of nitrogens with zero attached hydrogens (tertiary/aromatic N) is 1. The lowest BCUT2D eigenvalue weighted by Gasteiger charge is -2.43. The van der Waals surface area contributed by atoms with E-state index in [1.165, 1.54) is 19.3 Å². The first-order chi connectivity index (χ1) is 7.02. The second kappa shape index (κ2) is 3.78. The summed E-state index contributed by atoms with van der Waals surface area (Å²) in [4.78, 5) is 13.8. The van der Waals surface area contributed by atoms with Crippen LogP contribution in [0.15, 0.2) is 0 Å². The van der Waals surface area contributed by atoms with Crippen molar-refractivity contribution in [1.82, 2.24) is 10.2 Å². The van der Waals surface area contributed by atoms with Gasteiger partial charge < -0.3 is 4.90 Å². The lowest BCUT2D eigenvalue weighted by Crippen LogP contribution is -2.48. The summed E-state index contributed by atoms with van der Waals surface area (Å²) in [5, 5.41) is 3.30. The highest BCUT2D eigenvalue weighted by atomic mass is 16.2. The Morgan fingerprint density at radius 2 is 2.20 bits per heavy atom. The highest BCUT2D eigenvalue weighted by Crippen LogP contribution is 2.41. The van der Waals surface area contributed by atoms with Gasteiger partial charge in [-0.05, 0) is 24.2 Å². The van der Waals surface area contributed by atoms with Crippen LogP contribution in [0.4, 0.5) is 0 Å². The topological polar surface area (TPSA) is 32.3 Å². The van der Waals surface area contributed by atoms with Crippen molar-refractivity contribution >= 4 is 5.91 Å². The normalized spacial score (nSPS) is 29.7. The zero-order valence-electron chi connectivity index (χ0n) is 10.0. The molecular formula is C12H22N2O. The lowest BCUT2D eigenvalue weighted by molar-refractivity contribution is -0.131. The molecule has 1 saturated carbocycles. The summed E-state index contributed by atoms with van der Waals surface area (Å²) in [6.45, 7) is 8.12. The van der Waals surface area contributed by atoms with Gasteiger partial charge in [-0.15, -0.1) is 0 Å². The maximum Gasteiger partial charge on any atom is 0.237 e. The fourth-order valence-electron chi connectivity index (χ4n) is 2.69. The SMILES string of the molecule is CC(C)C1NCC(=O)N1CC1(C)CCC1. The van der Waals surface area contributed by atoms with Crippen LogP contribution in [0.5, 0.6) is 0 Å². The first kappa shape index (κ1) is 10.9. The van der Waals surface area contributed by atoms with E-state index in [1.54, 1.807) is 0 Å². The Labute approximate surface area is 92.2 Å². The molecule has 1 N–H and O–H groups in total. The molecule has 1 amide bonds. The van der Waals surface area contributed by atoms with Crippen molar-refractivity contribution < 1.29 is 4.79 Å². The third kappa shape index (κ3) is 2.03. The van der Waals surface area contributed by atoms with Crippen LogP contribution >= 0.6 is 0 Å². The smallest absolute Gasteiger partial charge is 0.237 e. The number of hydrogen-bond acceptors (Lipinski definition) is 2. The summed E-state index contributed by atoms with van der Waals surface area (Å²) < 4.78 is 0. The Morgan fingerprint density at radius 1 is 1.53 bits per heavy atom. The van der Waals surface area contributed by atoms with E-state index in [9.17, 15) is 4.79 Å². The Hall–Kier alpha value is -0.570. The minimum absolute atomic E-state index is 0.259.